The number of pyridine rings is 1. The second kappa shape index (κ2) is 7.48. The van der Waals surface area contributed by atoms with Crippen molar-refractivity contribution in [1.82, 2.24) is 14.8 Å². The molecule has 2 N–H and O–H groups in total. The Kier molecular flexibility index (Phi) is 4.67. The van der Waals surface area contributed by atoms with Crippen LogP contribution in [0.3, 0.4) is 0 Å². The zero-order chi connectivity index (χ0) is 19.8. The van der Waals surface area contributed by atoms with Crippen molar-refractivity contribution in [2.45, 2.75) is 44.1 Å². The van der Waals surface area contributed by atoms with E-state index in [0.717, 1.165) is 54.7 Å². The number of aromatic carboxylic acids is 1. The molecule has 3 heterocycles. The Morgan fingerprint density at radius 3 is 2.69 bits per heavy atom. The normalized spacial score (nSPS) is 19.4. The first kappa shape index (κ1) is 18.1. The van der Waals surface area contributed by atoms with Crippen molar-refractivity contribution in [2.24, 2.45) is 0 Å². The minimum Gasteiger partial charge on any atom is -0.477 e. The summed E-state index contributed by atoms with van der Waals surface area (Å²) < 4.78 is 7.52. The van der Waals surface area contributed by atoms with E-state index in [2.05, 4.69) is 10.3 Å². The van der Waals surface area contributed by atoms with Gasteiger partial charge in [-0.25, -0.2) is 14.5 Å². The van der Waals surface area contributed by atoms with Crippen LogP contribution in [0.25, 0.3) is 16.7 Å². The molecular weight excluding hydrogens is 368 g/mol. The van der Waals surface area contributed by atoms with Crippen molar-refractivity contribution in [2.75, 3.05) is 18.5 Å². The summed E-state index contributed by atoms with van der Waals surface area (Å²) in [4.78, 5) is 16.3. The van der Waals surface area contributed by atoms with Crippen molar-refractivity contribution >= 4 is 22.7 Å². The molecule has 7 nitrogen and oxygen atoms in total. The number of para-hydroxylation sites is 1. The number of aromatic nitrogens is 3. The number of carboxylic acids is 1. The summed E-state index contributed by atoms with van der Waals surface area (Å²) in [5.74, 6) is -0.652. The van der Waals surface area contributed by atoms with Gasteiger partial charge in [-0.15, -0.1) is 0 Å². The first-order chi connectivity index (χ1) is 14.2. The maximum atomic E-state index is 11.8. The maximum Gasteiger partial charge on any atom is 0.354 e. The summed E-state index contributed by atoms with van der Waals surface area (Å²) in [6.45, 7) is 1.44. The summed E-state index contributed by atoms with van der Waals surface area (Å²) in [5.41, 5.74) is 3.28. The predicted molar refractivity (Wildman–Crippen MR) is 110 cm³/mol. The summed E-state index contributed by atoms with van der Waals surface area (Å²) in [5, 5.41) is 18.9. The average molecular weight is 392 g/mol. The fourth-order valence-corrected chi connectivity index (χ4v) is 4.14. The number of hydrogen-bond acceptors (Lipinski definition) is 5. The lowest BCUT2D eigenvalue weighted by Crippen LogP contribution is -2.19. The molecule has 0 spiro atoms. The van der Waals surface area contributed by atoms with Crippen LogP contribution in [0, 0.1) is 0 Å². The molecule has 7 heteroatoms. The molecule has 1 atom stereocenters. The van der Waals surface area contributed by atoms with Crippen LogP contribution < -0.4 is 5.32 Å². The van der Waals surface area contributed by atoms with Gasteiger partial charge in [-0.2, -0.15) is 5.10 Å². The number of hydrogen-bond donors (Lipinski definition) is 2. The fourth-order valence-electron chi connectivity index (χ4n) is 4.14. The third kappa shape index (κ3) is 3.35. The first-order valence-corrected chi connectivity index (χ1v) is 10.3. The highest BCUT2D eigenvalue weighted by atomic mass is 16.5. The Morgan fingerprint density at radius 1 is 1.21 bits per heavy atom. The van der Waals surface area contributed by atoms with Gasteiger partial charge < -0.3 is 15.2 Å². The van der Waals surface area contributed by atoms with Gasteiger partial charge >= 0.3 is 5.97 Å². The van der Waals surface area contributed by atoms with E-state index in [-0.39, 0.29) is 11.8 Å². The quantitative estimate of drug-likeness (QED) is 0.660. The number of ether oxygens (including phenoxy) is 1. The standard InChI is InChI=1S/C22H24N4O3/c27-22(28)18-12-17(23-13-16-10-5-11-29-16)19-20(14-6-4-7-14)25-26(21(19)24-18)15-8-2-1-3-9-15/h1-3,8-9,12,14,16H,4-7,10-11,13H2,(H,23,24)(H,27,28)/t16-/m0/s1. The van der Waals surface area contributed by atoms with Crippen molar-refractivity contribution < 1.29 is 14.6 Å². The fraction of sp³-hybridized carbons (Fsp3) is 0.409. The number of nitrogens with one attached hydrogen (secondary N) is 1. The topological polar surface area (TPSA) is 89.3 Å². The third-order valence-corrected chi connectivity index (χ3v) is 5.92. The maximum absolute atomic E-state index is 11.8. The molecule has 1 aromatic carbocycles. The number of rotatable bonds is 6. The minimum atomic E-state index is -1.04. The van der Waals surface area contributed by atoms with Crippen LogP contribution in [0.1, 0.15) is 54.2 Å². The summed E-state index contributed by atoms with van der Waals surface area (Å²) >= 11 is 0. The molecule has 3 aromatic rings. The van der Waals surface area contributed by atoms with E-state index in [4.69, 9.17) is 9.84 Å². The van der Waals surface area contributed by atoms with Crippen LogP contribution >= 0.6 is 0 Å². The smallest absolute Gasteiger partial charge is 0.354 e. The average Bonchev–Trinajstić information content (AvgIpc) is 3.34. The summed E-state index contributed by atoms with van der Waals surface area (Å²) in [6.07, 6.45) is 5.65. The van der Waals surface area contributed by atoms with Crippen LogP contribution in [-0.2, 0) is 4.74 Å². The number of carbonyl (C=O) groups is 1. The minimum absolute atomic E-state index is 0.0181. The molecule has 2 aliphatic rings. The van der Waals surface area contributed by atoms with E-state index in [1.54, 1.807) is 10.7 Å². The molecule has 1 saturated carbocycles. The highest BCUT2D eigenvalue weighted by Crippen LogP contribution is 2.41. The van der Waals surface area contributed by atoms with E-state index in [1.165, 1.54) is 6.42 Å². The van der Waals surface area contributed by atoms with E-state index in [9.17, 15) is 9.90 Å². The largest absolute Gasteiger partial charge is 0.477 e. The van der Waals surface area contributed by atoms with Crippen LogP contribution in [0.4, 0.5) is 5.69 Å². The van der Waals surface area contributed by atoms with Gasteiger partial charge in [0.15, 0.2) is 11.3 Å². The van der Waals surface area contributed by atoms with Crippen molar-refractivity contribution in [3.8, 4) is 5.69 Å². The summed E-state index contributed by atoms with van der Waals surface area (Å²) in [7, 11) is 0. The van der Waals surface area contributed by atoms with E-state index in [1.807, 2.05) is 30.3 Å². The monoisotopic (exact) mass is 392 g/mol. The van der Waals surface area contributed by atoms with E-state index in [0.29, 0.717) is 18.1 Å². The number of benzene rings is 1. The Morgan fingerprint density at radius 2 is 2.03 bits per heavy atom. The van der Waals surface area contributed by atoms with E-state index >= 15 is 0 Å². The molecule has 2 fully saturated rings. The molecule has 0 unspecified atom stereocenters. The third-order valence-electron chi connectivity index (χ3n) is 5.92. The number of anilines is 1. The molecule has 0 bridgehead atoms. The predicted octanol–water partition coefficient (Wildman–Crippen LogP) is 3.98. The Bertz CT molecular complexity index is 1040. The molecule has 0 radical (unpaired) electrons. The zero-order valence-corrected chi connectivity index (χ0v) is 16.2. The van der Waals surface area contributed by atoms with Gasteiger partial charge in [0.2, 0.25) is 0 Å². The molecule has 0 amide bonds. The Labute approximate surface area is 168 Å². The molecule has 150 valence electrons. The lowest BCUT2D eigenvalue weighted by atomic mass is 9.82. The highest BCUT2D eigenvalue weighted by molar-refractivity contribution is 5.98. The van der Waals surface area contributed by atoms with Gasteiger partial charge in [0.1, 0.15) is 0 Å². The highest BCUT2D eigenvalue weighted by Gasteiger charge is 2.29. The summed E-state index contributed by atoms with van der Waals surface area (Å²) in [6, 6.07) is 11.4. The van der Waals surface area contributed by atoms with Gasteiger partial charge in [-0.05, 0) is 43.9 Å². The van der Waals surface area contributed by atoms with E-state index < -0.39 is 5.97 Å². The van der Waals surface area contributed by atoms with Crippen LogP contribution in [-0.4, -0.2) is 45.1 Å². The lowest BCUT2D eigenvalue weighted by Gasteiger charge is -2.24. The molecule has 5 rings (SSSR count). The van der Waals surface area contributed by atoms with Crippen LogP contribution in [0.15, 0.2) is 36.4 Å². The number of nitrogens with zero attached hydrogens (tertiary/aromatic N) is 3. The van der Waals surface area contributed by atoms with Crippen molar-refractivity contribution in [1.29, 1.82) is 0 Å². The van der Waals surface area contributed by atoms with Gasteiger partial charge in [0.25, 0.3) is 0 Å². The number of carboxylic acid groups (broad SMARTS) is 1. The number of fused-ring (bicyclic) bond motifs is 1. The molecule has 2 aromatic heterocycles. The van der Waals surface area contributed by atoms with Gasteiger partial charge in [0.05, 0.1) is 22.9 Å². The Balaban J connectivity index is 1.66. The SMILES string of the molecule is O=C(O)c1cc(NC[C@@H]2CCCO2)c2c(C3CCC3)nn(-c3ccccc3)c2n1. The molecule has 1 aliphatic carbocycles. The lowest BCUT2D eigenvalue weighted by molar-refractivity contribution is 0.0691. The molecular formula is C22H24N4O3. The van der Waals surface area contributed by atoms with Gasteiger partial charge in [0, 0.05) is 24.8 Å². The first-order valence-electron chi connectivity index (χ1n) is 10.3. The second-order valence-electron chi connectivity index (χ2n) is 7.84. The Hall–Kier alpha value is -2.93. The van der Waals surface area contributed by atoms with Crippen molar-refractivity contribution in [3.05, 3.63) is 47.8 Å². The van der Waals surface area contributed by atoms with Crippen molar-refractivity contribution in [3.63, 3.8) is 0 Å². The van der Waals surface area contributed by atoms with Gasteiger partial charge in [-0.1, -0.05) is 24.6 Å². The van der Waals surface area contributed by atoms with Gasteiger partial charge in [-0.3, -0.25) is 0 Å². The van der Waals surface area contributed by atoms with Crippen LogP contribution in [0.2, 0.25) is 0 Å². The molecule has 1 saturated heterocycles. The van der Waals surface area contributed by atoms with Crippen LogP contribution in [0.5, 0.6) is 0 Å². The second-order valence-corrected chi connectivity index (χ2v) is 7.84. The zero-order valence-electron chi connectivity index (χ0n) is 16.2. The molecule has 29 heavy (non-hydrogen) atoms. The molecule has 1 aliphatic heterocycles.